The summed E-state index contributed by atoms with van der Waals surface area (Å²) in [6.45, 7) is 0. The molecule has 0 N–H and O–H groups in total. The third-order valence-corrected chi connectivity index (χ3v) is 4.10. The van der Waals surface area contributed by atoms with Crippen molar-refractivity contribution in [3.05, 3.63) is 65.2 Å². The number of benzene rings is 2. The number of aryl methyl sites for hydroxylation is 1. The Balaban J connectivity index is 1.65. The maximum atomic E-state index is 12.2. The first-order chi connectivity index (χ1) is 10.8. The summed E-state index contributed by atoms with van der Waals surface area (Å²) in [4.78, 5) is 12.2. The van der Waals surface area contributed by atoms with Crippen LogP contribution in [-0.2, 0) is 22.4 Å². The van der Waals surface area contributed by atoms with Crippen LogP contribution in [0.15, 0.2) is 48.5 Å². The summed E-state index contributed by atoms with van der Waals surface area (Å²) in [5.74, 6) is 0.616. The van der Waals surface area contributed by atoms with Crippen molar-refractivity contribution >= 4 is 5.97 Å². The molecule has 3 rings (SSSR count). The van der Waals surface area contributed by atoms with E-state index in [2.05, 4.69) is 12.1 Å². The number of carbonyl (C=O) groups is 1. The molecule has 1 aliphatic carbocycles. The molecule has 0 unspecified atom stereocenters. The summed E-state index contributed by atoms with van der Waals surface area (Å²) >= 11 is 0. The highest BCUT2D eigenvalue weighted by Crippen LogP contribution is 2.32. The van der Waals surface area contributed by atoms with E-state index in [0.717, 1.165) is 36.1 Å². The van der Waals surface area contributed by atoms with Crippen LogP contribution >= 0.6 is 0 Å². The first kappa shape index (κ1) is 14.6. The predicted octanol–water partition coefficient (Wildman–Crippen LogP) is 3.86. The molecule has 0 aliphatic heterocycles. The average Bonchev–Trinajstić information content (AvgIpc) is 2.56. The maximum Gasteiger partial charge on any atom is 0.310 e. The van der Waals surface area contributed by atoms with E-state index in [1.807, 2.05) is 36.4 Å². The third kappa shape index (κ3) is 3.30. The normalized spacial score (nSPS) is 16.7. The Morgan fingerprint density at radius 2 is 1.91 bits per heavy atom. The quantitative estimate of drug-likeness (QED) is 0.804. The van der Waals surface area contributed by atoms with E-state index in [9.17, 15) is 4.79 Å². The SMILES string of the molecule is COc1ccc(CC(=O)O[C@@H]2CCCc3ccccc32)cc1. The molecule has 0 saturated carbocycles. The second-order valence-corrected chi connectivity index (χ2v) is 5.59. The van der Waals surface area contributed by atoms with Gasteiger partial charge in [-0.25, -0.2) is 0 Å². The number of esters is 1. The zero-order valence-electron chi connectivity index (χ0n) is 12.7. The van der Waals surface area contributed by atoms with Gasteiger partial charge in [0, 0.05) is 0 Å². The van der Waals surface area contributed by atoms with Crippen LogP contribution in [0.1, 0.15) is 35.6 Å². The Bertz CT molecular complexity index is 646. The van der Waals surface area contributed by atoms with Crippen molar-refractivity contribution in [3.8, 4) is 5.75 Å². The van der Waals surface area contributed by atoms with Crippen molar-refractivity contribution in [2.45, 2.75) is 31.8 Å². The number of carbonyl (C=O) groups excluding carboxylic acids is 1. The van der Waals surface area contributed by atoms with E-state index in [0.29, 0.717) is 6.42 Å². The Morgan fingerprint density at radius 1 is 1.14 bits per heavy atom. The molecule has 3 heteroatoms. The minimum Gasteiger partial charge on any atom is -0.497 e. The number of ether oxygens (including phenoxy) is 2. The summed E-state index contributed by atoms with van der Waals surface area (Å²) in [5, 5.41) is 0. The molecule has 0 aromatic heterocycles. The Hall–Kier alpha value is -2.29. The molecule has 2 aromatic rings. The molecule has 0 saturated heterocycles. The van der Waals surface area contributed by atoms with Gasteiger partial charge in [0.2, 0.25) is 0 Å². The van der Waals surface area contributed by atoms with Crippen LogP contribution in [0.2, 0.25) is 0 Å². The van der Waals surface area contributed by atoms with Crippen molar-refractivity contribution in [2.24, 2.45) is 0 Å². The van der Waals surface area contributed by atoms with Gasteiger partial charge in [0.15, 0.2) is 0 Å². The number of hydrogen-bond donors (Lipinski definition) is 0. The average molecular weight is 296 g/mol. The van der Waals surface area contributed by atoms with E-state index < -0.39 is 0 Å². The molecule has 0 heterocycles. The van der Waals surface area contributed by atoms with Gasteiger partial charge in [-0.2, -0.15) is 0 Å². The molecular weight excluding hydrogens is 276 g/mol. The van der Waals surface area contributed by atoms with Crippen LogP contribution in [-0.4, -0.2) is 13.1 Å². The standard InChI is InChI=1S/C19H20O3/c1-21-16-11-9-14(10-12-16)13-19(20)22-18-8-4-6-15-5-2-3-7-17(15)18/h2-3,5,7,9-12,18H,4,6,8,13H2,1H3/t18-/m1/s1. The molecular formula is C19H20O3. The van der Waals surface area contributed by atoms with Crippen LogP contribution < -0.4 is 4.74 Å². The predicted molar refractivity (Wildman–Crippen MR) is 84.9 cm³/mol. The van der Waals surface area contributed by atoms with E-state index in [1.165, 1.54) is 5.56 Å². The van der Waals surface area contributed by atoms with E-state index in [1.54, 1.807) is 7.11 Å². The summed E-state index contributed by atoms with van der Waals surface area (Å²) in [5.41, 5.74) is 3.41. The van der Waals surface area contributed by atoms with Gasteiger partial charge in [-0.1, -0.05) is 36.4 Å². The summed E-state index contributed by atoms with van der Waals surface area (Å²) < 4.78 is 10.8. The molecule has 0 bridgehead atoms. The highest BCUT2D eigenvalue weighted by atomic mass is 16.5. The summed E-state index contributed by atoms with van der Waals surface area (Å²) in [6.07, 6.45) is 3.24. The molecule has 0 spiro atoms. The van der Waals surface area contributed by atoms with Crippen molar-refractivity contribution in [1.82, 2.24) is 0 Å². The minimum atomic E-state index is -0.174. The second-order valence-electron chi connectivity index (χ2n) is 5.59. The van der Waals surface area contributed by atoms with Crippen molar-refractivity contribution in [3.63, 3.8) is 0 Å². The van der Waals surface area contributed by atoms with Crippen LogP contribution in [0.3, 0.4) is 0 Å². The molecule has 1 atom stereocenters. The maximum absolute atomic E-state index is 12.2. The minimum absolute atomic E-state index is 0.101. The fraction of sp³-hybridized carbons (Fsp3) is 0.316. The fourth-order valence-corrected chi connectivity index (χ4v) is 2.94. The zero-order chi connectivity index (χ0) is 15.4. The molecule has 0 fully saturated rings. The molecule has 3 nitrogen and oxygen atoms in total. The molecule has 0 radical (unpaired) electrons. The van der Waals surface area contributed by atoms with Gasteiger partial charge in [-0.3, -0.25) is 4.79 Å². The highest BCUT2D eigenvalue weighted by Gasteiger charge is 2.23. The molecule has 0 amide bonds. The Kier molecular flexibility index (Phi) is 4.42. The van der Waals surface area contributed by atoms with Crippen LogP contribution in [0.25, 0.3) is 0 Å². The van der Waals surface area contributed by atoms with Gasteiger partial charge < -0.3 is 9.47 Å². The molecule has 2 aromatic carbocycles. The third-order valence-electron chi connectivity index (χ3n) is 4.10. The smallest absolute Gasteiger partial charge is 0.310 e. The van der Waals surface area contributed by atoms with Gasteiger partial charge >= 0.3 is 5.97 Å². The molecule has 1 aliphatic rings. The summed E-state index contributed by atoms with van der Waals surface area (Å²) in [6, 6.07) is 15.8. The number of rotatable bonds is 4. The lowest BCUT2D eigenvalue weighted by Gasteiger charge is -2.25. The van der Waals surface area contributed by atoms with Gasteiger partial charge in [0.25, 0.3) is 0 Å². The second kappa shape index (κ2) is 6.65. The first-order valence-corrected chi connectivity index (χ1v) is 7.66. The van der Waals surface area contributed by atoms with E-state index in [4.69, 9.17) is 9.47 Å². The number of hydrogen-bond acceptors (Lipinski definition) is 3. The lowest BCUT2D eigenvalue weighted by atomic mass is 9.89. The lowest BCUT2D eigenvalue weighted by molar-refractivity contribution is -0.149. The van der Waals surface area contributed by atoms with E-state index >= 15 is 0 Å². The Morgan fingerprint density at radius 3 is 2.68 bits per heavy atom. The van der Waals surface area contributed by atoms with Crippen molar-refractivity contribution in [1.29, 1.82) is 0 Å². The van der Waals surface area contributed by atoms with E-state index in [-0.39, 0.29) is 12.1 Å². The van der Waals surface area contributed by atoms with Gasteiger partial charge in [0.05, 0.1) is 13.5 Å². The van der Waals surface area contributed by atoms with Crippen LogP contribution in [0.4, 0.5) is 0 Å². The first-order valence-electron chi connectivity index (χ1n) is 7.66. The molecule has 22 heavy (non-hydrogen) atoms. The zero-order valence-corrected chi connectivity index (χ0v) is 12.7. The fourth-order valence-electron chi connectivity index (χ4n) is 2.94. The van der Waals surface area contributed by atoms with Gasteiger partial charge in [0.1, 0.15) is 11.9 Å². The monoisotopic (exact) mass is 296 g/mol. The largest absolute Gasteiger partial charge is 0.497 e. The summed E-state index contributed by atoms with van der Waals surface area (Å²) in [7, 11) is 1.63. The van der Waals surface area contributed by atoms with Crippen LogP contribution in [0, 0.1) is 0 Å². The van der Waals surface area contributed by atoms with Gasteiger partial charge in [-0.15, -0.1) is 0 Å². The van der Waals surface area contributed by atoms with Crippen molar-refractivity contribution in [2.75, 3.05) is 7.11 Å². The highest BCUT2D eigenvalue weighted by molar-refractivity contribution is 5.73. The van der Waals surface area contributed by atoms with Crippen LogP contribution in [0.5, 0.6) is 5.75 Å². The Labute approximate surface area is 130 Å². The number of methoxy groups -OCH3 is 1. The topological polar surface area (TPSA) is 35.5 Å². The molecule has 114 valence electrons. The number of fused-ring (bicyclic) bond motifs is 1. The van der Waals surface area contributed by atoms with Crippen molar-refractivity contribution < 1.29 is 14.3 Å². The van der Waals surface area contributed by atoms with Gasteiger partial charge in [-0.05, 0) is 48.1 Å². The lowest BCUT2D eigenvalue weighted by Crippen LogP contribution is -2.18.